The third kappa shape index (κ3) is 3.88. The second-order valence-corrected chi connectivity index (χ2v) is 4.56. The Labute approximate surface area is 114 Å². The first-order valence-corrected chi connectivity index (χ1v) is 6.52. The number of benzene rings is 1. The molecule has 1 aromatic carbocycles. The van der Waals surface area contributed by atoms with E-state index in [1.165, 1.54) is 5.56 Å². The van der Waals surface area contributed by atoms with Gasteiger partial charge in [0.25, 0.3) is 0 Å². The number of hydrogen-bond donors (Lipinski definition) is 1. The number of aromatic nitrogens is 1. The monoisotopic (exact) mass is 256 g/mol. The fourth-order valence-electron chi connectivity index (χ4n) is 2.11. The van der Waals surface area contributed by atoms with Crippen molar-refractivity contribution in [1.29, 1.82) is 0 Å². The molecule has 1 aromatic heterocycles. The van der Waals surface area contributed by atoms with Gasteiger partial charge in [-0.3, -0.25) is 10.3 Å². The van der Waals surface area contributed by atoms with Crippen molar-refractivity contribution >= 4 is 0 Å². The van der Waals surface area contributed by atoms with Gasteiger partial charge in [0, 0.05) is 19.3 Å². The van der Waals surface area contributed by atoms with Gasteiger partial charge >= 0.3 is 0 Å². The molecule has 0 aliphatic carbocycles. The Kier molecular flexibility index (Phi) is 5.07. The summed E-state index contributed by atoms with van der Waals surface area (Å²) in [7, 11) is 1.73. The van der Waals surface area contributed by atoms with Gasteiger partial charge in [-0.1, -0.05) is 36.4 Å². The van der Waals surface area contributed by atoms with Crippen LogP contribution in [-0.2, 0) is 4.74 Å². The molecule has 3 heteroatoms. The molecular weight excluding hydrogens is 236 g/mol. The maximum absolute atomic E-state index is 5.31. The first-order valence-electron chi connectivity index (χ1n) is 6.52. The van der Waals surface area contributed by atoms with Crippen LogP contribution in [0.25, 0.3) is 0 Å². The summed E-state index contributed by atoms with van der Waals surface area (Å²) < 4.78 is 5.31. The smallest absolute Gasteiger partial charge is 0.0657 e. The van der Waals surface area contributed by atoms with Crippen molar-refractivity contribution in [3.63, 3.8) is 0 Å². The quantitative estimate of drug-likeness (QED) is 0.862. The molecule has 1 heterocycles. The lowest BCUT2D eigenvalue weighted by Crippen LogP contribution is -2.28. The van der Waals surface area contributed by atoms with Gasteiger partial charge in [-0.2, -0.15) is 0 Å². The highest BCUT2D eigenvalue weighted by atomic mass is 16.5. The summed E-state index contributed by atoms with van der Waals surface area (Å²) in [5.41, 5.74) is 2.27. The number of pyridine rings is 1. The third-order valence-electron chi connectivity index (χ3n) is 3.12. The van der Waals surface area contributed by atoms with Crippen molar-refractivity contribution in [2.24, 2.45) is 0 Å². The molecule has 0 amide bonds. The van der Waals surface area contributed by atoms with Crippen LogP contribution in [0.2, 0.25) is 0 Å². The Balaban J connectivity index is 2.09. The minimum atomic E-state index is 0.170. The average Bonchev–Trinajstić information content (AvgIpc) is 2.48. The Morgan fingerprint density at radius 1 is 1.11 bits per heavy atom. The lowest BCUT2D eigenvalue weighted by atomic mass is 10.1. The Morgan fingerprint density at radius 3 is 2.47 bits per heavy atom. The highest BCUT2D eigenvalue weighted by Gasteiger charge is 2.15. The predicted octanol–water partition coefficient (Wildman–Crippen LogP) is 3.12. The van der Waals surface area contributed by atoms with E-state index in [2.05, 4.69) is 29.4 Å². The lowest BCUT2D eigenvalue weighted by molar-refractivity contribution is 0.161. The Hall–Kier alpha value is -1.71. The van der Waals surface area contributed by atoms with E-state index in [0.29, 0.717) is 6.61 Å². The standard InChI is InChI=1S/C16H20N2O/c1-13(15-10-6-7-11-17-15)18-16(12-19-2)14-8-4-3-5-9-14/h3-11,13,16,18H,12H2,1-2H3/t13-,16?/m0/s1. The van der Waals surface area contributed by atoms with E-state index in [0.717, 1.165) is 5.69 Å². The fourth-order valence-corrected chi connectivity index (χ4v) is 2.11. The molecule has 0 saturated heterocycles. The second kappa shape index (κ2) is 7.02. The average molecular weight is 256 g/mol. The second-order valence-electron chi connectivity index (χ2n) is 4.56. The van der Waals surface area contributed by atoms with Gasteiger partial charge in [0.05, 0.1) is 18.3 Å². The van der Waals surface area contributed by atoms with E-state index in [9.17, 15) is 0 Å². The normalized spacial score (nSPS) is 14.0. The van der Waals surface area contributed by atoms with Crippen LogP contribution < -0.4 is 5.32 Å². The summed E-state index contributed by atoms with van der Waals surface area (Å²) in [6.07, 6.45) is 1.82. The zero-order chi connectivity index (χ0) is 13.5. The molecule has 2 rings (SSSR count). The van der Waals surface area contributed by atoms with Crippen LogP contribution in [-0.4, -0.2) is 18.7 Å². The van der Waals surface area contributed by atoms with Crippen LogP contribution in [0.15, 0.2) is 54.7 Å². The van der Waals surface area contributed by atoms with Crippen molar-refractivity contribution in [1.82, 2.24) is 10.3 Å². The molecule has 1 N–H and O–H groups in total. The SMILES string of the molecule is COCC(N[C@@H](C)c1ccccn1)c1ccccc1. The summed E-state index contributed by atoms with van der Waals surface area (Å²) in [6, 6.07) is 16.7. The number of rotatable bonds is 6. The van der Waals surface area contributed by atoms with Gasteiger partial charge in [-0.05, 0) is 24.6 Å². The molecule has 2 atom stereocenters. The molecule has 0 aliphatic heterocycles. The molecule has 0 aliphatic rings. The fraction of sp³-hybridized carbons (Fsp3) is 0.312. The van der Waals surface area contributed by atoms with Crippen LogP contribution >= 0.6 is 0 Å². The van der Waals surface area contributed by atoms with Crippen LogP contribution in [0.5, 0.6) is 0 Å². The zero-order valence-electron chi connectivity index (χ0n) is 11.4. The molecule has 0 spiro atoms. The molecule has 100 valence electrons. The number of hydrogen-bond acceptors (Lipinski definition) is 3. The molecule has 0 saturated carbocycles. The largest absolute Gasteiger partial charge is 0.383 e. The highest BCUT2D eigenvalue weighted by Crippen LogP contribution is 2.18. The van der Waals surface area contributed by atoms with Crippen LogP contribution in [0, 0.1) is 0 Å². The number of ether oxygens (including phenoxy) is 1. The van der Waals surface area contributed by atoms with E-state index in [1.54, 1.807) is 7.11 Å². The van der Waals surface area contributed by atoms with Crippen LogP contribution in [0.4, 0.5) is 0 Å². The van der Waals surface area contributed by atoms with Gasteiger partial charge in [0.1, 0.15) is 0 Å². The van der Waals surface area contributed by atoms with Crippen molar-refractivity contribution < 1.29 is 4.74 Å². The van der Waals surface area contributed by atoms with Crippen molar-refractivity contribution in [3.8, 4) is 0 Å². The summed E-state index contributed by atoms with van der Waals surface area (Å²) in [6.45, 7) is 2.76. The first kappa shape index (κ1) is 13.7. The molecule has 19 heavy (non-hydrogen) atoms. The summed E-state index contributed by atoms with van der Waals surface area (Å²) in [5.74, 6) is 0. The molecule has 3 nitrogen and oxygen atoms in total. The topological polar surface area (TPSA) is 34.1 Å². The van der Waals surface area contributed by atoms with Crippen molar-refractivity contribution in [2.45, 2.75) is 19.0 Å². The van der Waals surface area contributed by atoms with Gasteiger partial charge < -0.3 is 4.74 Å². The number of methoxy groups -OCH3 is 1. The number of nitrogens with one attached hydrogen (secondary N) is 1. The van der Waals surface area contributed by atoms with E-state index < -0.39 is 0 Å². The van der Waals surface area contributed by atoms with Crippen LogP contribution in [0.3, 0.4) is 0 Å². The van der Waals surface area contributed by atoms with Gasteiger partial charge in [0.2, 0.25) is 0 Å². The minimum Gasteiger partial charge on any atom is -0.383 e. The molecule has 0 radical (unpaired) electrons. The Morgan fingerprint density at radius 2 is 1.84 bits per heavy atom. The van der Waals surface area contributed by atoms with E-state index >= 15 is 0 Å². The maximum Gasteiger partial charge on any atom is 0.0657 e. The zero-order valence-corrected chi connectivity index (χ0v) is 11.4. The van der Waals surface area contributed by atoms with Gasteiger partial charge in [0.15, 0.2) is 0 Å². The molecule has 1 unspecified atom stereocenters. The van der Waals surface area contributed by atoms with E-state index in [-0.39, 0.29) is 12.1 Å². The van der Waals surface area contributed by atoms with Gasteiger partial charge in [-0.15, -0.1) is 0 Å². The van der Waals surface area contributed by atoms with E-state index in [4.69, 9.17) is 4.74 Å². The molecular formula is C16H20N2O. The summed E-state index contributed by atoms with van der Waals surface area (Å²) in [5, 5.41) is 3.56. The predicted molar refractivity (Wildman–Crippen MR) is 76.8 cm³/mol. The Bertz CT molecular complexity index is 473. The van der Waals surface area contributed by atoms with Crippen molar-refractivity contribution in [3.05, 3.63) is 66.0 Å². The third-order valence-corrected chi connectivity index (χ3v) is 3.12. The molecule has 0 fully saturated rings. The highest BCUT2D eigenvalue weighted by molar-refractivity contribution is 5.20. The van der Waals surface area contributed by atoms with E-state index in [1.807, 2.05) is 42.6 Å². The first-order chi connectivity index (χ1) is 9.31. The van der Waals surface area contributed by atoms with Crippen LogP contribution in [0.1, 0.15) is 30.3 Å². The number of nitrogens with zero attached hydrogens (tertiary/aromatic N) is 1. The van der Waals surface area contributed by atoms with Gasteiger partial charge in [-0.25, -0.2) is 0 Å². The van der Waals surface area contributed by atoms with Crippen molar-refractivity contribution in [2.75, 3.05) is 13.7 Å². The lowest BCUT2D eigenvalue weighted by Gasteiger charge is -2.23. The molecule has 2 aromatic rings. The summed E-state index contributed by atoms with van der Waals surface area (Å²) >= 11 is 0. The maximum atomic E-state index is 5.31. The molecule has 0 bridgehead atoms. The summed E-state index contributed by atoms with van der Waals surface area (Å²) in [4.78, 5) is 4.38. The minimum absolute atomic E-state index is 0.170.